The average molecular weight is 276 g/mol. The molecule has 92 valence electrons. The third-order valence-corrected chi connectivity index (χ3v) is 3.75. The van der Waals surface area contributed by atoms with E-state index < -0.39 is 21.4 Å². The van der Waals surface area contributed by atoms with Crippen LogP contribution in [0.15, 0.2) is 23.1 Å². The Balaban J connectivity index is 2.82. The van der Waals surface area contributed by atoms with E-state index in [9.17, 15) is 12.6 Å². The minimum Gasteiger partial charge on any atom is -0.302 e. The van der Waals surface area contributed by atoms with Crippen molar-refractivity contribution in [2.75, 3.05) is 0 Å². The molecule has 1 aromatic heterocycles. The fourth-order valence-electron chi connectivity index (χ4n) is 1.56. The number of aryl methyl sites for hydroxylation is 1. The highest BCUT2D eigenvalue weighted by Gasteiger charge is 2.17. The first-order valence-corrected chi connectivity index (χ1v) is 6.89. The van der Waals surface area contributed by atoms with Gasteiger partial charge in [-0.05, 0) is 25.1 Å². The van der Waals surface area contributed by atoms with Crippen molar-refractivity contribution in [3.63, 3.8) is 0 Å². The van der Waals surface area contributed by atoms with Crippen molar-refractivity contribution in [3.8, 4) is 0 Å². The Kier molecular flexibility index (Phi) is 2.78. The van der Waals surface area contributed by atoms with Crippen LogP contribution in [0.1, 0.15) is 5.82 Å². The summed E-state index contributed by atoms with van der Waals surface area (Å²) in [5.74, 6) is 0.0726. The van der Waals surface area contributed by atoms with Gasteiger partial charge >= 0.3 is 10.3 Å². The number of hydrogen-bond donors (Lipinski definition) is 2. The van der Waals surface area contributed by atoms with Crippen molar-refractivity contribution in [2.24, 2.45) is 0 Å². The van der Waals surface area contributed by atoms with Gasteiger partial charge in [-0.25, -0.2) is 13.2 Å². The van der Waals surface area contributed by atoms with Gasteiger partial charge in [0.15, 0.2) is 11.1 Å². The fourth-order valence-corrected chi connectivity index (χ4v) is 2.73. The zero-order valence-corrected chi connectivity index (χ0v) is 10.2. The van der Waals surface area contributed by atoms with Crippen LogP contribution in [0.4, 0.5) is 0 Å². The van der Waals surface area contributed by atoms with E-state index in [0.717, 1.165) is 0 Å². The molecule has 0 spiro atoms. The van der Waals surface area contributed by atoms with E-state index in [1.807, 2.05) is 0 Å². The molecule has 0 fully saturated rings. The summed E-state index contributed by atoms with van der Waals surface area (Å²) in [5.41, 5.74) is 0.374. The summed E-state index contributed by atoms with van der Waals surface area (Å²) in [4.78, 5) is 4.01. The number of hydrogen-bond acceptors (Lipinski definition) is 4. The van der Waals surface area contributed by atoms with E-state index in [1.54, 1.807) is 0 Å². The van der Waals surface area contributed by atoms with Gasteiger partial charge < -0.3 is 4.55 Å². The minimum atomic E-state index is -4.43. The molecule has 0 aliphatic heterocycles. The maximum atomic E-state index is 11.1. The summed E-state index contributed by atoms with van der Waals surface area (Å²) in [5, 5.41) is 0. The van der Waals surface area contributed by atoms with Gasteiger partial charge in [0.05, 0.1) is 15.9 Å². The van der Waals surface area contributed by atoms with Crippen LogP contribution in [0, 0.1) is 6.92 Å². The van der Waals surface area contributed by atoms with Crippen molar-refractivity contribution >= 4 is 32.4 Å². The zero-order chi connectivity index (χ0) is 12.8. The van der Waals surface area contributed by atoms with Crippen LogP contribution in [0.3, 0.4) is 0 Å². The van der Waals surface area contributed by atoms with E-state index in [2.05, 4.69) is 4.98 Å². The molecule has 1 aromatic carbocycles. The van der Waals surface area contributed by atoms with Crippen molar-refractivity contribution in [3.05, 3.63) is 24.0 Å². The van der Waals surface area contributed by atoms with E-state index in [4.69, 9.17) is 9.11 Å². The molecule has 0 bridgehead atoms. The molecule has 9 heteroatoms. The highest BCUT2D eigenvalue weighted by Crippen LogP contribution is 2.20. The van der Waals surface area contributed by atoms with Gasteiger partial charge in [-0.2, -0.15) is 8.42 Å². The first-order chi connectivity index (χ1) is 7.80. The lowest BCUT2D eigenvalue weighted by atomic mass is 10.3. The van der Waals surface area contributed by atoms with Gasteiger partial charge in [0.1, 0.15) is 5.82 Å². The Labute approximate surface area is 99.3 Å². The molecule has 2 rings (SSSR count). The molecular weight excluding hydrogens is 268 g/mol. The fraction of sp³-hybridized carbons (Fsp3) is 0.125. The molecule has 1 unspecified atom stereocenters. The van der Waals surface area contributed by atoms with Crippen LogP contribution in [-0.4, -0.2) is 30.7 Å². The largest absolute Gasteiger partial charge is 0.365 e. The predicted molar refractivity (Wildman–Crippen MR) is 60.5 cm³/mol. The normalized spacial score (nSPS) is 14.1. The third-order valence-electron chi connectivity index (χ3n) is 2.17. The minimum absolute atomic E-state index is 0.0726. The van der Waals surface area contributed by atoms with Crippen LogP contribution in [-0.2, 0) is 21.4 Å². The standard InChI is InChI=1S/C8H8N2O5S2/c1-5-9-7-4-6(16(11)12)2-3-8(7)10(5)17(13,14)15/h2-4H,1H3,(H,11,12)(H,13,14,15). The Bertz CT molecular complexity index is 719. The second-order valence-electron chi connectivity index (χ2n) is 3.30. The van der Waals surface area contributed by atoms with Gasteiger partial charge in [-0.1, -0.05) is 0 Å². The van der Waals surface area contributed by atoms with Gasteiger partial charge in [0, 0.05) is 0 Å². The van der Waals surface area contributed by atoms with E-state index >= 15 is 0 Å². The number of fused-ring (bicyclic) bond motifs is 1. The highest BCUT2D eigenvalue weighted by atomic mass is 32.2. The van der Waals surface area contributed by atoms with Gasteiger partial charge in [0.2, 0.25) is 0 Å². The number of aromatic nitrogens is 2. The quantitative estimate of drug-likeness (QED) is 0.613. The summed E-state index contributed by atoms with van der Waals surface area (Å²) in [6, 6.07) is 3.90. The summed E-state index contributed by atoms with van der Waals surface area (Å²) in [6.07, 6.45) is 0. The first kappa shape index (κ1) is 12.2. The Morgan fingerprint density at radius 3 is 2.59 bits per heavy atom. The highest BCUT2D eigenvalue weighted by molar-refractivity contribution is 7.84. The SMILES string of the molecule is Cc1nc2cc(S(=O)O)ccc2n1S(=O)(=O)O. The molecule has 1 heterocycles. The monoisotopic (exact) mass is 276 g/mol. The van der Waals surface area contributed by atoms with Crippen molar-refractivity contribution in [2.45, 2.75) is 11.8 Å². The van der Waals surface area contributed by atoms with Crippen LogP contribution >= 0.6 is 0 Å². The first-order valence-electron chi connectivity index (χ1n) is 4.38. The van der Waals surface area contributed by atoms with Crippen molar-refractivity contribution in [1.82, 2.24) is 8.96 Å². The average Bonchev–Trinajstić information content (AvgIpc) is 2.51. The maximum Gasteiger partial charge on any atom is 0.365 e. The van der Waals surface area contributed by atoms with Gasteiger partial charge in [-0.15, -0.1) is 0 Å². The molecule has 0 saturated heterocycles. The van der Waals surface area contributed by atoms with Crippen LogP contribution in [0.25, 0.3) is 11.0 Å². The lowest BCUT2D eigenvalue weighted by Gasteiger charge is -2.01. The molecule has 1 atom stereocenters. The molecule has 2 N–H and O–H groups in total. The second kappa shape index (κ2) is 3.88. The molecule has 0 amide bonds. The molecule has 17 heavy (non-hydrogen) atoms. The zero-order valence-electron chi connectivity index (χ0n) is 8.56. The maximum absolute atomic E-state index is 11.1. The van der Waals surface area contributed by atoms with E-state index in [1.165, 1.54) is 25.1 Å². The number of rotatable bonds is 2. The Morgan fingerprint density at radius 1 is 1.41 bits per heavy atom. The summed E-state index contributed by atoms with van der Waals surface area (Å²) >= 11 is -2.16. The number of nitrogens with zero attached hydrogens (tertiary/aromatic N) is 2. The molecule has 2 aromatic rings. The van der Waals surface area contributed by atoms with Crippen LogP contribution in [0.2, 0.25) is 0 Å². The predicted octanol–water partition coefficient (Wildman–Crippen LogP) is 0.576. The lowest BCUT2D eigenvalue weighted by Crippen LogP contribution is -2.12. The second-order valence-corrected chi connectivity index (χ2v) is 5.53. The van der Waals surface area contributed by atoms with Crippen LogP contribution < -0.4 is 0 Å². The Hall–Kier alpha value is -1.29. The summed E-state index contributed by atoms with van der Waals surface area (Å²) in [6.45, 7) is 1.41. The Morgan fingerprint density at radius 2 is 2.06 bits per heavy atom. The molecule has 0 aliphatic rings. The summed E-state index contributed by atoms with van der Waals surface area (Å²) in [7, 11) is -4.43. The molecular formula is C8H8N2O5S2. The molecule has 0 saturated carbocycles. The van der Waals surface area contributed by atoms with E-state index in [-0.39, 0.29) is 21.8 Å². The van der Waals surface area contributed by atoms with Crippen molar-refractivity contribution < 1.29 is 21.7 Å². The lowest BCUT2D eigenvalue weighted by molar-refractivity contribution is 0.473. The van der Waals surface area contributed by atoms with Gasteiger partial charge in [0.25, 0.3) is 0 Å². The van der Waals surface area contributed by atoms with Crippen LogP contribution in [0.5, 0.6) is 0 Å². The van der Waals surface area contributed by atoms with Crippen molar-refractivity contribution in [1.29, 1.82) is 0 Å². The molecule has 0 radical (unpaired) electrons. The topological polar surface area (TPSA) is 109 Å². The van der Waals surface area contributed by atoms with Gasteiger partial charge in [-0.3, -0.25) is 4.55 Å². The van der Waals surface area contributed by atoms with E-state index in [0.29, 0.717) is 3.97 Å². The smallest absolute Gasteiger partial charge is 0.302 e. The number of imidazole rings is 1. The summed E-state index contributed by atoms with van der Waals surface area (Å²) < 4.78 is 51.6. The molecule has 7 nitrogen and oxygen atoms in total. The molecule has 0 aliphatic carbocycles. The number of benzene rings is 1. The third kappa shape index (κ3) is 2.09.